The first-order valence-corrected chi connectivity index (χ1v) is 11.5. The molecule has 1 atom stereocenters. The molecular formula is C23H35N5O3. The topological polar surface area (TPSA) is 78.4 Å². The van der Waals surface area contributed by atoms with E-state index in [1.54, 1.807) is 0 Å². The first kappa shape index (κ1) is 21.9. The van der Waals surface area contributed by atoms with Gasteiger partial charge in [-0.15, -0.1) is 0 Å². The number of carbonyl (C=O) groups excluding carboxylic acids is 1. The van der Waals surface area contributed by atoms with Crippen LogP contribution in [0.4, 0.5) is 0 Å². The summed E-state index contributed by atoms with van der Waals surface area (Å²) < 4.78 is 11.1. The minimum absolute atomic E-state index is 0.0417. The molecule has 8 nitrogen and oxygen atoms in total. The molecule has 3 aliphatic rings. The summed E-state index contributed by atoms with van der Waals surface area (Å²) >= 11 is 0. The van der Waals surface area contributed by atoms with E-state index in [0.29, 0.717) is 12.1 Å². The summed E-state index contributed by atoms with van der Waals surface area (Å²) in [5.41, 5.74) is 1.23. The Bertz CT molecular complexity index is 744. The minimum atomic E-state index is -0.0417. The van der Waals surface area contributed by atoms with Gasteiger partial charge in [-0.2, -0.15) is 0 Å². The van der Waals surface area contributed by atoms with Crippen LogP contribution in [0, 0.1) is 0 Å². The highest BCUT2D eigenvalue weighted by atomic mass is 16.5. The third-order valence-electron chi connectivity index (χ3n) is 6.17. The van der Waals surface area contributed by atoms with Gasteiger partial charge in [0, 0.05) is 51.9 Å². The second kappa shape index (κ2) is 10.8. The van der Waals surface area contributed by atoms with E-state index in [0.717, 1.165) is 76.9 Å². The number of ether oxygens (including phenoxy) is 2. The predicted octanol–water partition coefficient (Wildman–Crippen LogP) is 0.868. The molecule has 0 radical (unpaired) electrons. The van der Waals surface area contributed by atoms with Crippen LogP contribution in [0.1, 0.15) is 24.8 Å². The maximum absolute atomic E-state index is 11.7. The second-order valence-corrected chi connectivity index (χ2v) is 8.54. The van der Waals surface area contributed by atoms with Crippen molar-refractivity contribution >= 4 is 11.9 Å². The molecule has 2 heterocycles. The van der Waals surface area contributed by atoms with Crippen LogP contribution >= 0.6 is 0 Å². The molecule has 1 saturated carbocycles. The third kappa shape index (κ3) is 6.58. The molecule has 0 bridgehead atoms. The van der Waals surface area contributed by atoms with Gasteiger partial charge in [0.25, 0.3) is 5.91 Å². The number of nitrogens with zero attached hydrogens (tertiary/aromatic N) is 3. The van der Waals surface area contributed by atoms with Crippen LogP contribution < -0.4 is 15.4 Å². The Morgan fingerprint density at radius 1 is 1.16 bits per heavy atom. The highest BCUT2D eigenvalue weighted by Gasteiger charge is 2.30. The number of hydrogen-bond donors (Lipinski definition) is 2. The fraction of sp³-hybridized carbons (Fsp3) is 0.652. The molecule has 2 N–H and O–H groups in total. The van der Waals surface area contributed by atoms with Gasteiger partial charge in [0.1, 0.15) is 5.75 Å². The molecule has 1 aromatic rings. The van der Waals surface area contributed by atoms with Gasteiger partial charge in [-0.3, -0.25) is 14.7 Å². The summed E-state index contributed by atoms with van der Waals surface area (Å²) in [7, 11) is 1.86. The summed E-state index contributed by atoms with van der Waals surface area (Å²) in [5.74, 6) is 1.67. The van der Waals surface area contributed by atoms with E-state index in [2.05, 4.69) is 37.6 Å². The van der Waals surface area contributed by atoms with Crippen molar-refractivity contribution in [2.24, 2.45) is 4.99 Å². The van der Waals surface area contributed by atoms with E-state index in [1.165, 1.54) is 12.0 Å². The zero-order valence-corrected chi connectivity index (χ0v) is 18.5. The van der Waals surface area contributed by atoms with Crippen LogP contribution in [0.15, 0.2) is 29.3 Å². The van der Waals surface area contributed by atoms with Gasteiger partial charge in [-0.1, -0.05) is 12.1 Å². The van der Waals surface area contributed by atoms with Gasteiger partial charge in [-0.25, -0.2) is 0 Å². The van der Waals surface area contributed by atoms with E-state index >= 15 is 0 Å². The average Bonchev–Trinajstić information content (AvgIpc) is 3.48. The van der Waals surface area contributed by atoms with Crippen molar-refractivity contribution in [2.75, 3.05) is 59.6 Å². The molecule has 2 saturated heterocycles. The number of nitrogens with one attached hydrogen (secondary N) is 2. The van der Waals surface area contributed by atoms with Crippen LogP contribution in [0.5, 0.6) is 5.75 Å². The molecule has 8 heteroatoms. The number of rotatable bonds is 8. The lowest BCUT2D eigenvalue weighted by Crippen LogP contribution is -2.46. The number of benzene rings is 1. The Hall–Kier alpha value is -2.32. The first-order chi connectivity index (χ1) is 15.2. The molecule has 2 aliphatic heterocycles. The number of carbonyl (C=O) groups is 1. The van der Waals surface area contributed by atoms with E-state index in [9.17, 15) is 4.79 Å². The number of guanidine groups is 1. The largest absolute Gasteiger partial charge is 0.484 e. The van der Waals surface area contributed by atoms with Crippen LogP contribution in [-0.2, 0) is 16.0 Å². The summed E-state index contributed by atoms with van der Waals surface area (Å²) in [6.07, 6.45) is 4.26. The molecule has 31 heavy (non-hydrogen) atoms. The molecule has 170 valence electrons. The summed E-state index contributed by atoms with van der Waals surface area (Å²) in [5, 5.41) is 6.44. The lowest BCUT2D eigenvalue weighted by Gasteiger charge is -2.32. The first-order valence-electron chi connectivity index (χ1n) is 11.5. The number of amides is 1. The van der Waals surface area contributed by atoms with Crippen molar-refractivity contribution in [3.8, 4) is 5.75 Å². The van der Waals surface area contributed by atoms with Crippen molar-refractivity contribution in [2.45, 2.75) is 37.8 Å². The van der Waals surface area contributed by atoms with Gasteiger partial charge >= 0.3 is 0 Å². The standard InChI is InChI=1S/C23H35N5O3/c1-24-23(28-11-9-20(16-28)27-12-14-30-15-13-27)25-10-8-18-2-6-21(7-3-18)31-17-22(29)26-19-4-5-19/h2-3,6-7,19-20H,4-5,8-17H2,1H3,(H,24,25)(H,26,29). The zero-order chi connectivity index (χ0) is 21.5. The van der Waals surface area contributed by atoms with E-state index in [4.69, 9.17) is 9.47 Å². The lowest BCUT2D eigenvalue weighted by atomic mass is 10.1. The van der Waals surface area contributed by atoms with Gasteiger partial charge in [0.15, 0.2) is 12.6 Å². The highest BCUT2D eigenvalue weighted by molar-refractivity contribution is 5.80. The average molecular weight is 430 g/mol. The predicted molar refractivity (Wildman–Crippen MR) is 121 cm³/mol. The molecule has 4 rings (SSSR count). The molecule has 1 unspecified atom stereocenters. The van der Waals surface area contributed by atoms with Crippen molar-refractivity contribution in [3.63, 3.8) is 0 Å². The molecular weight excluding hydrogens is 394 g/mol. The number of aliphatic imine (C=N–C) groups is 1. The Kier molecular flexibility index (Phi) is 7.64. The van der Waals surface area contributed by atoms with Crippen molar-refractivity contribution in [1.82, 2.24) is 20.4 Å². The van der Waals surface area contributed by atoms with Crippen molar-refractivity contribution in [1.29, 1.82) is 0 Å². The van der Waals surface area contributed by atoms with Gasteiger partial charge in [0.2, 0.25) is 0 Å². The van der Waals surface area contributed by atoms with E-state index < -0.39 is 0 Å². The summed E-state index contributed by atoms with van der Waals surface area (Å²) in [6, 6.07) is 8.95. The quantitative estimate of drug-likeness (QED) is 0.472. The van der Waals surface area contributed by atoms with Gasteiger partial charge < -0.3 is 25.0 Å². The van der Waals surface area contributed by atoms with Crippen molar-refractivity contribution in [3.05, 3.63) is 29.8 Å². The summed E-state index contributed by atoms with van der Waals surface area (Å²) in [6.45, 7) is 6.75. The zero-order valence-electron chi connectivity index (χ0n) is 18.5. The Morgan fingerprint density at radius 3 is 2.65 bits per heavy atom. The fourth-order valence-electron chi connectivity index (χ4n) is 4.22. The normalized spacial score (nSPS) is 22.4. The smallest absolute Gasteiger partial charge is 0.258 e. The molecule has 1 amide bonds. The number of hydrogen-bond acceptors (Lipinski definition) is 5. The number of morpholine rings is 1. The van der Waals surface area contributed by atoms with Crippen LogP contribution in [0.2, 0.25) is 0 Å². The Balaban J connectivity index is 1.16. The maximum atomic E-state index is 11.7. The van der Waals surface area contributed by atoms with Gasteiger partial charge in [-0.05, 0) is 43.4 Å². The van der Waals surface area contributed by atoms with Crippen molar-refractivity contribution < 1.29 is 14.3 Å². The van der Waals surface area contributed by atoms with Crippen LogP contribution in [-0.4, -0.2) is 93.3 Å². The van der Waals surface area contributed by atoms with E-state index in [1.807, 2.05) is 19.2 Å². The molecule has 0 aromatic heterocycles. The third-order valence-corrected chi connectivity index (χ3v) is 6.17. The summed E-state index contributed by atoms with van der Waals surface area (Å²) in [4.78, 5) is 21.1. The molecule has 0 spiro atoms. The van der Waals surface area contributed by atoms with Crippen LogP contribution in [0.25, 0.3) is 0 Å². The molecule has 3 fully saturated rings. The molecule has 1 aromatic carbocycles. The lowest BCUT2D eigenvalue weighted by molar-refractivity contribution is -0.123. The van der Waals surface area contributed by atoms with Gasteiger partial charge in [0.05, 0.1) is 13.2 Å². The highest BCUT2D eigenvalue weighted by Crippen LogP contribution is 2.19. The number of likely N-dealkylation sites (tertiary alicyclic amines) is 1. The minimum Gasteiger partial charge on any atom is -0.484 e. The van der Waals surface area contributed by atoms with Crippen LogP contribution in [0.3, 0.4) is 0 Å². The monoisotopic (exact) mass is 429 g/mol. The Labute approximate surface area is 185 Å². The second-order valence-electron chi connectivity index (χ2n) is 8.54. The SMILES string of the molecule is CN=C(NCCc1ccc(OCC(=O)NC2CC2)cc1)N1CCC(N2CCOCC2)C1. The van der Waals surface area contributed by atoms with E-state index in [-0.39, 0.29) is 12.5 Å². The maximum Gasteiger partial charge on any atom is 0.258 e. The molecule has 1 aliphatic carbocycles. The Morgan fingerprint density at radius 2 is 1.94 bits per heavy atom. The fourth-order valence-corrected chi connectivity index (χ4v) is 4.22.